The second kappa shape index (κ2) is 4.21. The van der Waals surface area contributed by atoms with E-state index in [0.29, 0.717) is 6.04 Å². The van der Waals surface area contributed by atoms with E-state index in [1.165, 1.54) is 0 Å². The normalized spacial score (nSPS) is 26.7. The molecule has 0 aromatic carbocycles. The molecule has 0 N–H and O–H groups in total. The van der Waals surface area contributed by atoms with E-state index >= 15 is 0 Å². The van der Waals surface area contributed by atoms with E-state index in [1.54, 1.807) is 0 Å². The Labute approximate surface area is 114 Å². The number of nitrogens with zero attached hydrogens (tertiary/aromatic N) is 1. The van der Waals surface area contributed by atoms with Crippen molar-refractivity contribution in [3.63, 3.8) is 0 Å². The van der Waals surface area contributed by atoms with Gasteiger partial charge in [-0.15, -0.1) is 0 Å². The monoisotopic (exact) mass is 255 g/mol. The highest BCUT2D eigenvalue weighted by molar-refractivity contribution is 5.07. The molecule has 1 atom stereocenters. The van der Waals surface area contributed by atoms with E-state index in [9.17, 15) is 0 Å². The van der Waals surface area contributed by atoms with Crippen LogP contribution < -0.4 is 0 Å². The fourth-order valence-corrected chi connectivity index (χ4v) is 3.61. The molecule has 1 aliphatic heterocycles. The van der Waals surface area contributed by atoms with Crippen LogP contribution in [-0.2, 0) is 4.84 Å². The second-order valence-corrected chi connectivity index (χ2v) is 9.05. The van der Waals surface area contributed by atoms with Crippen molar-refractivity contribution >= 4 is 0 Å². The first-order chi connectivity index (χ1) is 7.72. The molecule has 1 unspecified atom stereocenters. The van der Waals surface area contributed by atoms with Crippen molar-refractivity contribution < 1.29 is 4.84 Å². The van der Waals surface area contributed by atoms with E-state index in [0.717, 1.165) is 6.42 Å². The summed E-state index contributed by atoms with van der Waals surface area (Å²) in [5.74, 6) is 0. The van der Waals surface area contributed by atoms with E-state index in [1.807, 2.05) is 0 Å². The van der Waals surface area contributed by atoms with Crippen LogP contribution in [0.25, 0.3) is 0 Å². The van der Waals surface area contributed by atoms with Crippen molar-refractivity contribution in [2.45, 2.75) is 80.4 Å². The highest BCUT2D eigenvalue weighted by atomic mass is 16.7. The summed E-state index contributed by atoms with van der Waals surface area (Å²) in [5.41, 5.74) is 0.388. The van der Waals surface area contributed by atoms with Gasteiger partial charge in [0, 0.05) is 13.1 Å². The Balaban J connectivity index is 3.21. The second-order valence-electron chi connectivity index (χ2n) is 9.05. The minimum absolute atomic E-state index is 0.104. The van der Waals surface area contributed by atoms with Gasteiger partial charge in [-0.25, -0.2) is 0 Å². The summed E-state index contributed by atoms with van der Waals surface area (Å²) in [6, 6.07) is 0.468. The highest BCUT2D eigenvalue weighted by Gasteiger charge is 2.59. The van der Waals surface area contributed by atoms with Crippen LogP contribution in [0.3, 0.4) is 0 Å². The molecule has 2 nitrogen and oxygen atoms in total. The molecule has 18 heavy (non-hydrogen) atoms. The van der Waals surface area contributed by atoms with Gasteiger partial charge in [0.2, 0.25) is 0 Å². The standard InChI is InChI=1S/C16H33NO/c1-13(2,3)12-11-16(14(4,5)6,15(7,8)9)18-17(12)10/h12H,11H2,1-10H3. The molecular weight excluding hydrogens is 222 g/mol. The molecule has 1 heterocycles. The Morgan fingerprint density at radius 2 is 1.28 bits per heavy atom. The van der Waals surface area contributed by atoms with Crippen LogP contribution in [0.2, 0.25) is 0 Å². The molecule has 0 saturated carbocycles. The lowest BCUT2D eigenvalue weighted by Gasteiger charge is -2.49. The Morgan fingerprint density at radius 1 is 0.889 bits per heavy atom. The van der Waals surface area contributed by atoms with Crippen LogP contribution in [0.4, 0.5) is 0 Å². The molecule has 0 aromatic heterocycles. The summed E-state index contributed by atoms with van der Waals surface area (Å²) >= 11 is 0. The lowest BCUT2D eigenvalue weighted by molar-refractivity contribution is -0.264. The molecule has 1 saturated heterocycles. The minimum Gasteiger partial charge on any atom is -0.291 e. The van der Waals surface area contributed by atoms with Gasteiger partial charge in [0.05, 0.1) is 0 Å². The summed E-state index contributed by atoms with van der Waals surface area (Å²) in [4.78, 5) is 6.45. The summed E-state index contributed by atoms with van der Waals surface area (Å²) in [6.07, 6.45) is 1.10. The van der Waals surface area contributed by atoms with E-state index in [4.69, 9.17) is 4.84 Å². The Bertz CT molecular complexity index is 287. The molecule has 1 rings (SSSR count). The Morgan fingerprint density at radius 3 is 1.44 bits per heavy atom. The molecule has 2 heteroatoms. The van der Waals surface area contributed by atoms with Crippen LogP contribution in [0.15, 0.2) is 0 Å². The predicted molar refractivity (Wildman–Crippen MR) is 78.3 cm³/mol. The predicted octanol–water partition coefficient (Wildman–Crippen LogP) is 4.50. The Kier molecular flexibility index (Phi) is 3.74. The topological polar surface area (TPSA) is 12.5 Å². The Hall–Kier alpha value is -0.0800. The maximum Gasteiger partial charge on any atom is 0.101 e. The van der Waals surface area contributed by atoms with Gasteiger partial charge in [0.25, 0.3) is 0 Å². The zero-order valence-electron chi connectivity index (χ0n) is 14.1. The zero-order valence-corrected chi connectivity index (χ0v) is 14.1. The first-order valence-corrected chi connectivity index (χ1v) is 7.14. The van der Waals surface area contributed by atoms with Gasteiger partial charge in [-0.2, -0.15) is 5.06 Å². The highest BCUT2D eigenvalue weighted by Crippen LogP contribution is 2.55. The zero-order chi connectivity index (χ0) is 14.6. The van der Waals surface area contributed by atoms with Gasteiger partial charge in [-0.3, -0.25) is 4.84 Å². The van der Waals surface area contributed by atoms with Crippen molar-refractivity contribution in [1.82, 2.24) is 5.06 Å². The molecule has 1 fully saturated rings. The van der Waals surface area contributed by atoms with Crippen LogP contribution >= 0.6 is 0 Å². The van der Waals surface area contributed by atoms with Gasteiger partial charge in [-0.1, -0.05) is 62.3 Å². The number of hydroxylamine groups is 2. The molecule has 0 aliphatic carbocycles. The third-order valence-electron chi connectivity index (χ3n) is 4.64. The third-order valence-corrected chi connectivity index (χ3v) is 4.64. The fourth-order valence-electron chi connectivity index (χ4n) is 3.61. The summed E-state index contributed by atoms with van der Waals surface area (Å²) in [5, 5.41) is 2.11. The first kappa shape index (κ1) is 16.0. The molecule has 108 valence electrons. The SMILES string of the molecule is CN1OC(C(C)(C)C)(C(C)(C)C)CC1C(C)(C)C. The van der Waals surface area contributed by atoms with E-state index < -0.39 is 0 Å². The van der Waals surface area contributed by atoms with Crippen LogP contribution in [0.5, 0.6) is 0 Å². The average Bonchev–Trinajstić information content (AvgIpc) is 2.40. The minimum atomic E-state index is -0.104. The fraction of sp³-hybridized carbons (Fsp3) is 1.00. The summed E-state index contributed by atoms with van der Waals surface area (Å²) in [6.45, 7) is 20.7. The van der Waals surface area contributed by atoms with E-state index in [2.05, 4.69) is 74.4 Å². The molecule has 0 amide bonds. The lowest BCUT2D eigenvalue weighted by Crippen LogP contribution is -2.53. The van der Waals surface area contributed by atoms with Crippen molar-refractivity contribution in [2.24, 2.45) is 16.2 Å². The van der Waals surface area contributed by atoms with Crippen molar-refractivity contribution in [3.8, 4) is 0 Å². The summed E-state index contributed by atoms with van der Waals surface area (Å²) < 4.78 is 0. The van der Waals surface area contributed by atoms with Gasteiger partial charge < -0.3 is 0 Å². The number of rotatable bonds is 0. The lowest BCUT2D eigenvalue weighted by atomic mass is 9.59. The van der Waals surface area contributed by atoms with Crippen molar-refractivity contribution in [2.75, 3.05) is 7.05 Å². The van der Waals surface area contributed by atoms with Gasteiger partial charge in [0.15, 0.2) is 0 Å². The first-order valence-electron chi connectivity index (χ1n) is 7.14. The quantitative estimate of drug-likeness (QED) is 0.632. The van der Waals surface area contributed by atoms with Crippen molar-refractivity contribution in [1.29, 1.82) is 0 Å². The van der Waals surface area contributed by atoms with Gasteiger partial charge >= 0.3 is 0 Å². The van der Waals surface area contributed by atoms with Crippen LogP contribution in [0.1, 0.15) is 68.7 Å². The van der Waals surface area contributed by atoms with E-state index in [-0.39, 0.29) is 21.8 Å². The molecule has 0 bridgehead atoms. The molecule has 0 aromatic rings. The van der Waals surface area contributed by atoms with Gasteiger partial charge in [-0.05, 0) is 22.7 Å². The average molecular weight is 255 g/mol. The van der Waals surface area contributed by atoms with Crippen LogP contribution in [-0.4, -0.2) is 23.8 Å². The number of hydrogen-bond acceptors (Lipinski definition) is 2. The maximum atomic E-state index is 6.45. The summed E-state index contributed by atoms with van der Waals surface area (Å²) in [7, 11) is 2.09. The largest absolute Gasteiger partial charge is 0.291 e. The molecule has 1 aliphatic rings. The van der Waals surface area contributed by atoms with Crippen molar-refractivity contribution in [3.05, 3.63) is 0 Å². The maximum absolute atomic E-state index is 6.45. The molecule has 0 radical (unpaired) electrons. The third kappa shape index (κ3) is 2.46. The number of hydrogen-bond donors (Lipinski definition) is 0. The van der Waals surface area contributed by atoms with Gasteiger partial charge in [0.1, 0.15) is 5.60 Å². The molecule has 0 spiro atoms. The smallest absolute Gasteiger partial charge is 0.101 e. The van der Waals surface area contributed by atoms with Crippen LogP contribution in [0, 0.1) is 16.2 Å². The molecular formula is C16H33NO.